The van der Waals surface area contributed by atoms with Gasteiger partial charge in [0.1, 0.15) is 11.4 Å². The van der Waals surface area contributed by atoms with Crippen LogP contribution in [-0.2, 0) is 11.2 Å². The molecule has 1 aliphatic heterocycles. The van der Waals surface area contributed by atoms with Crippen LogP contribution in [0.5, 0.6) is 5.75 Å². The summed E-state index contributed by atoms with van der Waals surface area (Å²) in [7, 11) is 0. The van der Waals surface area contributed by atoms with Crippen molar-refractivity contribution in [2.24, 2.45) is 0 Å². The summed E-state index contributed by atoms with van der Waals surface area (Å²) in [4.78, 5) is 28.9. The Hall–Kier alpha value is -2.41. The highest BCUT2D eigenvalue weighted by Crippen LogP contribution is 2.28. The summed E-state index contributed by atoms with van der Waals surface area (Å²) in [6.07, 6.45) is 0.744. The minimum Gasteiger partial charge on any atom is -0.493 e. The lowest BCUT2D eigenvalue weighted by Crippen LogP contribution is -2.34. The fraction of sp³-hybridized carbons (Fsp3) is 0.312. The first-order valence-corrected chi connectivity index (χ1v) is 8.00. The number of aryl methyl sites for hydroxylation is 2. The van der Waals surface area contributed by atoms with Gasteiger partial charge < -0.3 is 15.2 Å². The summed E-state index contributed by atoms with van der Waals surface area (Å²) in [5.41, 5.74) is 1.77. The van der Waals surface area contributed by atoms with E-state index in [1.165, 1.54) is 11.3 Å². The first-order valence-electron chi connectivity index (χ1n) is 7.19. The van der Waals surface area contributed by atoms with E-state index >= 15 is 0 Å². The van der Waals surface area contributed by atoms with Crippen LogP contribution < -0.4 is 10.1 Å². The van der Waals surface area contributed by atoms with Crippen LogP contribution in [-0.4, -0.2) is 28.6 Å². The lowest BCUT2D eigenvalue weighted by atomic mass is 10.0. The highest BCUT2D eigenvalue weighted by atomic mass is 32.1. The molecule has 2 heterocycles. The number of nitrogens with zero attached hydrogens (tertiary/aromatic N) is 1. The van der Waals surface area contributed by atoms with E-state index in [1.807, 2.05) is 6.92 Å². The van der Waals surface area contributed by atoms with Gasteiger partial charge in [0.25, 0.3) is 5.91 Å². The molecule has 1 aliphatic rings. The van der Waals surface area contributed by atoms with Gasteiger partial charge in [-0.3, -0.25) is 4.79 Å². The quantitative estimate of drug-likeness (QED) is 0.896. The molecule has 1 amide bonds. The van der Waals surface area contributed by atoms with Gasteiger partial charge in [-0.05, 0) is 37.1 Å². The molecule has 2 N–H and O–H groups in total. The van der Waals surface area contributed by atoms with Gasteiger partial charge in [-0.1, -0.05) is 6.07 Å². The number of thiazole rings is 1. The maximum Gasteiger partial charge on any atom is 0.330 e. The molecule has 6 nitrogen and oxygen atoms in total. The summed E-state index contributed by atoms with van der Waals surface area (Å²) in [5, 5.41) is 12.8. The monoisotopic (exact) mass is 332 g/mol. The standard InChI is InChI=1S/C16H16N2O4S/c1-8-13(17-9(2)23-8)15(19)18-14(16(20)21)11-3-4-12-10(7-11)5-6-22-12/h3-4,7,14H,5-6H2,1-2H3,(H,18,19)(H,20,21)/t14-/m0/s1. The average Bonchev–Trinajstić information content (AvgIpc) is 3.09. The molecule has 0 saturated carbocycles. The maximum absolute atomic E-state index is 12.3. The second-order valence-electron chi connectivity index (χ2n) is 5.35. The van der Waals surface area contributed by atoms with Crippen LogP contribution in [0.2, 0.25) is 0 Å². The smallest absolute Gasteiger partial charge is 0.330 e. The topological polar surface area (TPSA) is 88.5 Å². The number of amides is 1. The molecule has 0 spiro atoms. The lowest BCUT2D eigenvalue weighted by Gasteiger charge is -2.15. The molecular formula is C16H16N2O4S. The van der Waals surface area contributed by atoms with Crippen molar-refractivity contribution in [1.29, 1.82) is 0 Å². The molecule has 120 valence electrons. The Labute approximate surface area is 137 Å². The number of carbonyl (C=O) groups is 2. The van der Waals surface area contributed by atoms with Crippen LogP contribution in [0.3, 0.4) is 0 Å². The van der Waals surface area contributed by atoms with Gasteiger partial charge in [0.05, 0.1) is 11.6 Å². The van der Waals surface area contributed by atoms with Gasteiger partial charge >= 0.3 is 5.97 Å². The maximum atomic E-state index is 12.3. The van der Waals surface area contributed by atoms with Crippen molar-refractivity contribution >= 4 is 23.2 Å². The Morgan fingerprint density at radius 1 is 1.39 bits per heavy atom. The Kier molecular flexibility index (Phi) is 4.04. The highest BCUT2D eigenvalue weighted by Gasteiger charge is 2.26. The number of carboxylic acid groups (broad SMARTS) is 1. The third kappa shape index (κ3) is 3.05. The zero-order valence-electron chi connectivity index (χ0n) is 12.8. The van der Waals surface area contributed by atoms with Gasteiger partial charge in [-0.25, -0.2) is 9.78 Å². The van der Waals surface area contributed by atoms with E-state index in [2.05, 4.69) is 10.3 Å². The van der Waals surface area contributed by atoms with E-state index in [4.69, 9.17) is 4.74 Å². The molecule has 0 aliphatic carbocycles. The fourth-order valence-electron chi connectivity index (χ4n) is 2.61. The van der Waals surface area contributed by atoms with Crippen LogP contribution in [0.25, 0.3) is 0 Å². The van der Waals surface area contributed by atoms with Gasteiger partial charge in [0.15, 0.2) is 6.04 Å². The van der Waals surface area contributed by atoms with Crippen molar-refractivity contribution in [1.82, 2.24) is 10.3 Å². The second-order valence-corrected chi connectivity index (χ2v) is 6.76. The molecule has 0 saturated heterocycles. The van der Waals surface area contributed by atoms with Gasteiger partial charge in [0, 0.05) is 11.3 Å². The molecule has 0 fully saturated rings. The van der Waals surface area contributed by atoms with Crippen molar-refractivity contribution in [2.45, 2.75) is 26.3 Å². The zero-order chi connectivity index (χ0) is 16.6. The van der Waals surface area contributed by atoms with Gasteiger partial charge in [0.2, 0.25) is 0 Å². The van der Waals surface area contributed by atoms with Crippen molar-refractivity contribution < 1.29 is 19.4 Å². The Morgan fingerprint density at radius 2 is 2.17 bits per heavy atom. The van der Waals surface area contributed by atoms with E-state index < -0.39 is 17.9 Å². The summed E-state index contributed by atoms with van der Waals surface area (Å²) in [6.45, 7) is 4.20. The first kappa shape index (κ1) is 15.5. The number of hydrogen-bond acceptors (Lipinski definition) is 5. The highest BCUT2D eigenvalue weighted by molar-refractivity contribution is 7.11. The Morgan fingerprint density at radius 3 is 2.83 bits per heavy atom. The van der Waals surface area contributed by atoms with Gasteiger partial charge in [-0.15, -0.1) is 11.3 Å². The second kappa shape index (κ2) is 6.00. The van der Waals surface area contributed by atoms with E-state index in [0.717, 1.165) is 27.6 Å². The van der Waals surface area contributed by atoms with E-state index in [-0.39, 0.29) is 5.69 Å². The predicted octanol–water partition coefficient (Wildman–Crippen LogP) is 2.25. The molecular weight excluding hydrogens is 316 g/mol. The van der Waals surface area contributed by atoms with Crippen LogP contribution in [0.15, 0.2) is 18.2 Å². The Bertz CT molecular complexity index is 784. The number of aliphatic carboxylic acids is 1. The number of rotatable bonds is 4. The summed E-state index contributed by atoms with van der Waals surface area (Å²) < 4.78 is 5.42. The van der Waals surface area contributed by atoms with Gasteiger partial charge in [-0.2, -0.15) is 0 Å². The Balaban J connectivity index is 1.86. The third-order valence-corrected chi connectivity index (χ3v) is 4.57. The van der Waals surface area contributed by atoms with Crippen LogP contribution in [0.1, 0.15) is 37.5 Å². The zero-order valence-corrected chi connectivity index (χ0v) is 13.6. The average molecular weight is 332 g/mol. The number of benzene rings is 1. The minimum absolute atomic E-state index is 0.281. The number of nitrogens with one attached hydrogen (secondary N) is 1. The first-order chi connectivity index (χ1) is 11.0. The van der Waals surface area contributed by atoms with E-state index in [0.29, 0.717) is 12.2 Å². The molecule has 7 heteroatoms. The molecule has 1 aromatic heterocycles. The minimum atomic E-state index is -1.12. The normalized spacial score (nSPS) is 14.0. The molecule has 2 aromatic rings. The van der Waals surface area contributed by atoms with E-state index in [1.54, 1.807) is 25.1 Å². The van der Waals surface area contributed by atoms with Crippen LogP contribution in [0.4, 0.5) is 0 Å². The predicted molar refractivity (Wildman–Crippen MR) is 85.1 cm³/mol. The third-order valence-electron chi connectivity index (χ3n) is 3.69. The summed E-state index contributed by atoms with van der Waals surface area (Å²) in [5.74, 6) is -0.812. The molecule has 0 radical (unpaired) electrons. The van der Waals surface area contributed by atoms with Crippen LogP contribution >= 0.6 is 11.3 Å². The molecule has 0 unspecified atom stereocenters. The molecule has 0 bridgehead atoms. The van der Waals surface area contributed by atoms with Crippen molar-refractivity contribution in [2.75, 3.05) is 6.61 Å². The SMILES string of the molecule is Cc1nc(C(=O)N[C@H](C(=O)O)c2ccc3c(c2)CCO3)c(C)s1. The molecule has 1 atom stereocenters. The molecule has 23 heavy (non-hydrogen) atoms. The van der Waals surface area contributed by atoms with Crippen molar-refractivity contribution in [3.63, 3.8) is 0 Å². The lowest BCUT2D eigenvalue weighted by molar-refractivity contribution is -0.139. The molecule has 1 aromatic carbocycles. The number of hydrogen-bond donors (Lipinski definition) is 2. The summed E-state index contributed by atoms with van der Waals surface area (Å²) in [6, 6.07) is 4.08. The van der Waals surface area contributed by atoms with E-state index in [9.17, 15) is 14.7 Å². The largest absolute Gasteiger partial charge is 0.493 e. The number of carbonyl (C=O) groups excluding carboxylic acids is 1. The van der Waals surface area contributed by atoms with Crippen LogP contribution in [0, 0.1) is 13.8 Å². The number of aromatic nitrogens is 1. The number of carboxylic acids is 1. The van der Waals surface area contributed by atoms with Crippen molar-refractivity contribution in [3.8, 4) is 5.75 Å². The molecule has 3 rings (SSSR count). The number of ether oxygens (including phenoxy) is 1. The fourth-order valence-corrected chi connectivity index (χ4v) is 3.43. The number of fused-ring (bicyclic) bond motifs is 1. The van der Waals surface area contributed by atoms with Crippen molar-refractivity contribution in [3.05, 3.63) is 44.9 Å². The summed E-state index contributed by atoms with van der Waals surface area (Å²) >= 11 is 1.41.